The number of aromatic nitrogens is 2. The van der Waals surface area contributed by atoms with Crippen LogP contribution in [-0.4, -0.2) is 59.0 Å². The summed E-state index contributed by atoms with van der Waals surface area (Å²) in [6.45, 7) is 4.48. The third-order valence-electron chi connectivity index (χ3n) is 5.84. The lowest BCUT2D eigenvalue weighted by atomic mass is 9.94. The summed E-state index contributed by atoms with van der Waals surface area (Å²) in [5.74, 6) is 0.555. The second kappa shape index (κ2) is 11.4. The average Bonchev–Trinajstić information content (AvgIpc) is 2.78. The molecule has 0 spiro atoms. The third kappa shape index (κ3) is 6.35. The topological polar surface area (TPSA) is 120 Å². The fraction of sp³-hybridized carbons (Fsp3) is 0.609. The number of fused-ring (bicyclic) bond motifs is 1. The van der Waals surface area contributed by atoms with E-state index in [0.717, 1.165) is 17.5 Å². The van der Waals surface area contributed by atoms with Crippen molar-refractivity contribution in [2.75, 3.05) is 19.0 Å². The van der Waals surface area contributed by atoms with Gasteiger partial charge in [-0.25, -0.2) is 9.97 Å². The maximum absolute atomic E-state index is 8.36. The first-order valence-corrected chi connectivity index (χ1v) is 11.4. The van der Waals surface area contributed by atoms with Crippen molar-refractivity contribution < 1.29 is 9.84 Å². The van der Waals surface area contributed by atoms with Gasteiger partial charge in [-0.1, -0.05) is 38.3 Å². The van der Waals surface area contributed by atoms with Gasteiger partial charge in [-0.15, -0.1) is 0 Å². The molecule has 3 unspecified atom stereocenters. The largest absolute Gasteiger partial charge is 0.577 e. The molecule has 2 aromatic rings. The predicted octanol–water partition coefficient (Wildman–Crippen LogP) is 2.53. The zero-order valence-electron chi connectivity index (χ0n) is 18.9. The lowest BCUT2D eigenvalue weighted by molar-refractivity contribution is 0.0699. The van der Waals surface area contributed by atoms with Crippen LogP contribution in [0.5, 0.6) is 0 Å². The minimum atomic E-state index is -0.482. The molecule has 3 atom stereocenters. The molecule has 8 heteroatoms. The quantitative estimate of drug-likeness (QED) is 0.303. The second-order valence-corrected chi connectivity index (χ2v) is 8.30. The number of hydrogen-bond donors (Lipinski definition) is 3. The van der Waals surface area contributed by atoms with Crippen molar-refractivity contribution in [1.29, 1.82) is 0 Å². The van der Waals surface area contributed by atoms with Crippen molar-refractivity contribution in [2.45, 2.75) is 76.7 Å². The van der Waals surface area contributed by atoms with E-state index >= 15 is 0 Å². The fourth-order valence-electron chi connectivity index (χ4n) is 4.20. The van der Waals surface area contributed by atoms with E-state index in [1.54, 1.807) is 14.0 Å². The van der Waals surface area contributed by atoms with Gasteiger partial charge in [0.2, 0.25) is 5.69 Å². The van der Waals surface area contributed by atoms with Crippen molar-refractivity contribution >= 4 is 22.7 Å². The summed E-state index contributed by atoms with van der Waals surface area (Å²) in [4.78, 5) is 13.5. The summed E-state index contributed by atoms with van der Waals surface area (Å²) in [5, 5.41) is 15.6. The Morgan fingerprint density at radius 1 is 1.23 bits per heavy atom. The monoisotopic (exact) mass is 429 g/mol. The maximum Gasteiger partial charge on any atom is 0.384 e. The molecule has 1 aliphatic carbocycles. The molecule has 6 N–H and O–H groups in total. The van der Waals surface area contributed by atoms with Crippen LogP contribution >= 0.6 is 0 Å². The van der Waals surface area contributed by atoms with Gasteiger partial charge in [0.1, 0.15) is 6.17 Å². The third-order valence-corrected chi connectivity index (χ3v) is 5.84. The predicted molar refractivity (Wildman–Crippen MR) is 127 cm³/mol. The summed E-state index contributed by atoms with van der Waals surface area (Å²) in [5.41, 5.74) is 7.67. The number of aliphatic imine (C=N–C) groups is 1. The number of hydrogen-bond acceptors (Lipinski definition) is 7. The van der Waals surface area contributed by atoms with E-state index in [0.29, 0.717) is 24.1 Å². The summed E-state index contributed by atoms with van der Waals surface area (Å²) >= 11 is 0. The van der Waals surface area contributed by atoms with Crippen LogP contribution in [0.1, 0.15) is 58.1 Å². The van der Waals surface area contributed by atoms with E-state index in [-0.39, 0.29) is 18.0 Å². The van der Waals surface area contributed by atoms with E-state index in [9.17, 15) is 0 Å². The minimum absolute atomic E-state index is 0.0251. The van der Waals surface area contributed by atoms with Crippen LogP contribution in [0, 0.1) is 0 Å². The number of nitrogens with two attached hydrogens (primary N) is 1. The van der Waals surface area contributed by atoms with Crippen LogP contribution < -0.4 is 16.4 Å². The first-order valence-electron chi connectivity index (χ1n) is 11.4. The van der Waals surface area contributed by atoms with Gasteiger partial charge in [0.15, 0.2) is 5.82 Å². The second-order valence-electron chi connectivity index (χ2n) is 8.30. The molecular weight excluding hydrogens is 392 g/mol. The number of nitrogens with zero attached hydrogens (tertiary/aromatic N) is 3. The molecule has 8 nitrogen and oxygen atoms in total. The molecule has 0 radical (unpaired) electrons. The normalized spacial score (nSPS) is 18.6. The molecule has 170 valence electrons. The Kier molecular flexibility index (Phi) is 8.57. The summed E-state index contributed by atoms with van der Waals surface area (Å²) < 4.78 is 5.85. The van der Waals surface area contributed by atoms with Gasteiger partial charge in [-0.05, 0) is 38.3 Å². The smallest absolute Gasteiger partial charge is 0.384 e. The Labute approximate surface area is 184 Å². The van der Waals surface area contributed by atoms with Crippen molar-refractivity contribution in [3.05, 3.63) is 30.0 Å². The number of rotatable bonds is 10. The van der Waals surface area contributed by atoms with Gasteiger partial charge < -0.3 is 26.2 Å². The van der Waals surface area contributed by atoms with E-state index in [1.165, 1.54) is 32.1 Å². The van der Waals surface area contributed by atoms with Crippen LogP contribution in [0.4, 0.5) is 5.82 Å². The highest BCUT2D eigenvalue weighted by Gasteiger charge is 2.25. The van der Waals surface area contributed by atoms with E-state index < -0.39 is 6.17 Å². The Bertz CT molecular complexity index is 866. The number of para-hydroxylation sites is 2. The number of nitrogens with one attached hydrogen (secondary N) is 2. The average molecular weight is 430 g/mol. The maximum atomic E-state index is 8.36. The SMILES string of the molecule is CCC(NC1CCCCC1)C(CNc1nc2ccccc2nc1/C([OH2+])=N/C(C)N)OC. The standard InChI is InChI=1S/C23H36N6O2/c1-4-17(27-16-10-6-5-7-11-16)20(31-3)14-25-22-21(23(30)26-15(2)24)28-18-12-8-9-13-19(18)29-22/h8-9,12-13,15-17,20,27H,4-7,10-11,14,24H2,1-3H3,(H,25,29)(H,26,30)/p+1. The minimum Gasteiger partial charge on any atom is -0.577 e. The summed E-state index contributed by atoms with van der Waals surface area (Å²) in [6, 6.07) is 8.43. The molecule has 1 saturated carbocycles. The number of benzene rings is 1. The molecule has 1 aliphatic rings. The highest BCUT2D eigenvalue weighted by molar-refractivity contribution is 5.97. The molecule has 1 fully saturated rings. The highest BCUT2D eigenvalue weighted by Crippen LogP contribution is 2.21. The molecule has 1 heterocycles. The zero-order valence-corrected chi connectivity index (χ0v) is 18.9. The molecule has 0 amide bonds. The number of methoxy groups -OCH3 is 1. The fourth-order valence-corrected chi connectivity index (χ4v) is 4.20. The van der Waals surface area contributed by atoms with Crippen molar-refractivity contribution in [1.82, 2.24) is 15.3 Å². The molecule has 1 aromatic heterocycles. The Hall–Kier alpha value is -2.29. The van der Waals surface area contributed by atoms with Crippen molar-refractivity contribution in [2.24, 2.45) is 10.7 Å². The van der Waals surface area contributed by atoms with Crippen molar-refractivity contribution in [3.63, 3.8) is 0 Å². The van der Waals surface area contributed by atoms with Gasteiger partial charge in [0.25, 0.3) is 0 Å². The van der Waals surface area contributed by atoms with Crippen LogP contribution in [0.3, 0.4) is 0 Å². The van der Waals surface area contributed by atoms with Gasteiger partial charge in [0, 0.05) is 25.7 Å². The first-order chi connectivity index (χ1) is 15.0. The van der Waals surface area contributed by atoms with Gasteiger partial charge in [0.05, 0.1) is 17.1 Å². The molecular formula is C23H37N6O2+. The Morgan fingerprint density at radius 2 is 1.90 bits per heavy atom. The van der Waals surface area contributed by atoms with Crippen LogP contribution in [0.25, 0.3) is 11.0 Å². The number of ether oxygens (including phenoxy) is 1. The first kappa shape index (κ1) is 23.4. The molecule has 31 heavy (non-hydrogen) atoms. The van der Waals surface area contributed by atoms with Crippen LogP contribution in [0.2, 0.25) is 0 Å². The van der Waals surface area contributed by atoms with E-state index in [1.807, 2.05) is 24.3 Å². The van der Waals surface area contributed by atoms with Crippen LogP contribution in [-0.2, 0) is 4.74 Å². The van der Waals surface area contributed by atoms with Crippen LogP contribution in [0.15, 0.2) is 29.3 Å². The molecule has 0 saturated heterocycles. The van der Waals surface area contributed by atoms with Gasteiger partial charge in [-0.2, -0.15) is 4.99 Å². The Morgan fingerprint density at radius 3 is 2.52 bits per heavy atom. The summed E-state index contributed by atoms with van der Waals surface area (Å²) in [7, 11) is 1.75. The lowest BCUT2D eigenvalue weighted by Gasteiger charge is -2.32. The van der Waals surface area contributed by atoms with Gasteiger partial charge in [-0.3, -0.25) is 0 Å². The molecule has 0 aliphatic heterocycles. The van der Waals surface area contributed by atoms with E-state index in [2.05, 4.69) is 27.5 Å². The summed E-state index contributed by atoms with van der Waals surface area (Å²) in [6.07, 6.45) is 6.86. The molecule has 0 bridgehead atoms. The molecule has 1 aromatic carbocycles. The number of anilines is 1. The highest BCUT2D eigenvalue weighted by atomic mass is 16.5. The molecule has 3 rings (SSSR count). The van der Waals surface area contributed by atoms with Gasteiger partial charge >= 0.3 is 5.90 Å². The van der Waals surface area contributed by atoms with Crippen molar-refractivity contribution in [3.8, 4) is 0 Å². The zero-order chi connectivity index (χ0) is 22.2. The lowest BCUT2D eigenvalue weighted by Crippen LogP contribution is -2.49. The Balaban J connectivity index is 1.79. The van der Waals surface area contributed by atoms with E-state index in [4.69, 9.17) is 20.6 Å².